The van der Waals surface area contributed by atoms with Gasteiger partial charge in [0.2, 0.25) is 0 Å². The van der Waals surface area contributed by atoms with Crippen LogP contribution >= 0.6 is 0 Å². The number of piperidine rings is 1. The Morgan fingerprint density at radius 1 is 1.25 bits per heavy atom. The zero-order valence-electron chi connectivity index (χ0n) is 15.2. The first-order valence-electron chi connectivity index (χ1n) is 9.49. The van der Waals surface area contributed by atoms with E-state index in [-0.39, 0.29) is 0 Å². The second-order valence-electron chi connectivity index (χ2n) is 7.08. The third kappa shape index (κ3) is 4.40. The lowest BCUT2D eigenvalue weighted by atomic mass is 10.0. The van der Waals surface area contributed by atoms with Crippen LogP contribution in [0.1, 0.15) is 45.1 Å². The predicted octanol–water partition coefficient (Wildman–Crippen LogP) is 2.88. The number of hydrogen-bond acceptors (Lipinski definition) is 3. The van der Waals surface area contributed by atoms with E-state index in [9.17, 15) is 0 Å². The van der Waals surface area contributed by atoms with Gasteiger partial charge in [-0.3, -0.25) is 0 Å². The van der Waals surface area contributed by atoms with Crippen LogP contribution in [0.2, 0.25) is 0 Å². The summed E-state index contributed by atoms with van der Waals surface area (Å²) in [7, 11) is 0. The van der Waals surface area contributed by atoms with Gasteiger partial charge in [0, 0.05) is 38.9 Å². The minimum atomic E-state index is 0.695. The molecule has 0 bridgehead atoms. The van der Waals surface area contributed by atoms with E-state index in [2.05, 4.69) is 46.1 Å². The van der Waals surface area contributed by atoms with Gasteiger partial charge in [-0.2, -0.15) is 0 Å². The molecule has 2 aliphatic rings. The smallest absolute Gasteiger partial charge is 0.194 e. The Labute approximate surface area is 146 Å². The Bertz CT molecular complexity index is 533. The van der Waals surface area contributed by atoms with Crippen molar-refractivity contribution in [2.45, 2.75) is 46.1 Å². The van der Waals surface area contributed by atoms with Gasteiger partial charge in [0.05, 0.1) is 6.54 Å². The molecule has 132 valence electrons. The number of nitrogens with zero attached hydrogens (tertiary/aromatic N) is 4. The number of likely N-dealkylation sites (tertiary alicyclic amines) is 1. The maximum Gasteiger partial charge on any atom is 0.194 e. The van der Waals surface area contributed by atoms with Crippen LogP contribution in [0, 0.1) is 5.92 Å². The lowest BCUT2D eigenvalue weighted by Crippen LogP contribution is -2.46. The fourth-order valence-corrected chi connectivity index (χ4v) is 3.62. The average molecular weight is 329 g/mol. The van der Waals surface area contributed by atoms with Gasteiger partial charge in [-0.25, -0.2) is 9.98 Å². The van der Waals surface area contributed by atoms with Gasteiger partial charge < -0.3 is 15.1 Å². The van der Waals surface area contributed by atoms with E-state index >= 15 is 0 Å². The highest BCUT2D eigenvalue weighted by molar-refractivity contribution is 5.80. The zero-order valence-corrected chi connectivity index (χ0v) is 15.2. The first-order valence-corrected chi connectivity index (χ1v) is 9.49. The standard InChI is InChI=1S/C19H31N5/c1-3-20-19(24-12-6-7-16(2)15-24)22-14-17-8-9-18(21-13-17)23-10-4-5-11-23/h8-9,13,16H,3-7,10-12,14-15H2,1-2H3,(H,20,22). The molecule has 5 nitrogen and oxygen atoms in total. The number of pyridine rings is 1. The number of hydrogen-bond donors (Lipinski definition) is 1. The van der Waals surface area contributed by atoms with Gasteiger partial charge in [-0.05, 0) is 50.2 Å². The molecule has 5 heteroatoms. The molecule has 1 atom stereocenters. The average Bonchev–Trinajstić information content (AvgIpc) is 3.14. The van der Waals surface area contributed by atoms with E-state index in [0.717, 1.165) is 50.4 Å². The first-order chi connectivity index (χ1) is 11.8. The van der Waals surface area contributed by atoms with Crippen molar-refractivity contribution in [1.29, 1.82) is 0 Å². The second kappa shape index (κ2) is 8.36. The lowest BCUT2D eigenvalue weighted by molar-refractivity contribution is 0.266. The van der Waals surface area contributed by atoms with Gasteiger partial charge in [-0.15, -0.1) is 0 Å². The van der Waals surface area contributed by atoms with Crippen molar-refractivity contribution in [2.24, 2.45) is 10.9 Å². The third-order valence-corrected chi connectivity index (χ3v) is 4.94. The van der Waals surface area contributed by atoms with Gasteiger partial charge in [0.15, 0.2) is 5.96 Å². The van der Waals surface area contributed by atoms with E-state index in [1.54, 1.807) is 0 Å². The molecule has 0 spiro atoms. The van der Waals surface area contributed by atoms with Crippen molar-refractivity contribution in [1.82, 2.24) is 15.2 Å². The molecule has 1 unspecified atom stereocenters. The van der Waals surface area contributed by atoms with Crippen LogP contribution < -0.4 is 10.2 Å². The summed E-state index contributed by atoms with van der Waals surface area (Å²) in [6, 6.07) is 4.32. The maximum atomic E-state index is 4.85. The highest BCUT2D eigenvalue weighted by Gasteiger charge is 2.19. The van der Waals surface area contributed by atoms with E-state index in [4.69, 9.17) is 4.99 Å². The molecular formula is C19H31N5. The van der Waals surface area contributed by atoms with Gasteiger partial charge >= 0.3 is 0 Å². The number of nitrogens with one attached hydrogen (secondary N) is 1. The van der Waals surface area contributed by atoms with Crippen molar-refractivity contribution in [3.05, 3.63) is 23.9 Å². The summed E-state index contributed by atoms with van der Waals surface area (Å²) >= 11 is 0. The number of guanidine groups is 1. The molecule has 0 aliphatic carbocycles. The summed E-state index contributed by atoms with van der Waals surface area (Å²) in [6.45, 7) is 10.6. The fourth-order valence-electron chi connectivity index (χ4n) is 3.62. The fraction of sp³-hybridized carbons (Fsp3) is 0.684. The number of rotatable bonds is 4. The summed E-state index contributed by atoms with van der Waals surface area (Å²) in [5, 5.41) is 3.45. The number of anilines is 1. The molecule has 0 radical (unpaired) electrons. The third-order valence-electron chi connectivity index (χ3n) is 4.94. The van der Waals surface area contributed by atoms with Crippen molar-refractivity contribution in [3.8, 4) is 0 Å². The van der Waals surface area contributed by atoms with E-state index in [0.29, 0.717) is 6.54 Å². The van der Waals surface area contributed by atoms with E-state index in [1.165, 1.54) is 31.2 Å². The lowest BCUT2D eigenvalue weighted by Gasteiger charge is -2.33. The molecule has 3 rings (SSSR count). The van der Waals surface area contributed by atoms with Crippen LogP contribution in [0.3, 0.4) is 0 Å². The van der Waals surface area contributed by atoms with Crippen LogP contribution in [-0.4, -0.2) is 48.6 Å². The molecular weight excluding hydrogens is 298 g/mol. The molecule has 2 aliphatic heterocycles. The summed E-state index contributed by atoms with van der Waals surface area (Å²) < 4.78 is 0. The molecule has 1 aromatic rings. The Balaban J connectivity index is 1.62. The molecule has 2 fully saturated rings. The van der Waals surface area contributed by atoms with Gasteiger partial charge in [0.1, 0.15) is 5.82 Å². The molecule has 24 heavy (non-hydrogen) atoms. The Kier molecular flexibility index (Phi) is 5.94. The SMILES string of the molecule is CCNC(=NCc1ccc(N2CCCC2)nc1)N1CCCC(C)C1. The summed E-state index contributed by atoms with van der Waals surface area (Å²) in [5.74, 6) is 2.91. The van der Waals surface area contributed by atoms with Crippen LogP contribution in [0.25, 0.3) is 0 Å². The highest BCUT2D eigenvalue weighted by Crippen LogP contribution is 2.18. The summed E-state index contributed by atoms with van der Waals surface area (Å²) in [4.78, 5) is 14.3. The zero-order chi connectivity index (χ0) is 16.8. The Hall–Kier alpha value is -1.78. The monoisotopic (exact) mass is 329 g/mol. The normalized spacial score (nSPS) is 22.1. The quantitative estimate of drug-likeness (QED) is 0.681. The molecule has 1 N–H and O–H groups in total. The summed E-state index contributed by atoms with van der Waals surface area (Å²) in [5.41, 5.74) is 1.18. The van der Waals surface area contributed by atoms with Crippen molar-refractivity contribution in [2.75, 3.05) is 37.6 Å². The van der Waals surface area contributed by atoms with E-state index < -0.39 is 0 Å². The number of aliphatic imine (C=N–C) groups is 1. The molecule has 2 saturated heterocycles. The molecule has 3 heterocycles. The van der Waals surface area contributed by atoms with Crippen molar-refractivity contribution >= 4 is 11.8 Å². The van der Waals surface area contributed by atoms with E-state index in [1.807, 2.05) is 6.20 Å². The molecule has 0 aromatic carbocycles. The van der Waals surface area contributed by atoms with Gasteiger partial charge in [0.25, 0.3) is 0 Å². The topological polar surface area (TPSA) is 43.8 Å². The highest BCUT2D eigenvalue weighted by atomic mass is 15.3. The van der Waals surface area contributed by atoms with Crippen LogP contribution in [0.5, 0.6) is 0 Å². The van der Waals surface area contributed by atoms with Crippen molar-refractivity contribution in [3.63, 3.8) is 0 Å². The predicted molar refractivity (Wildman–Crippen MR) is 100 cm³/mol. The van der Waals surface area contributed by atoms with Crippen LogP contribution in [0.4, 0.5) is 5.82 Å². The largest absolute Gasteiger partial charge is 0.357 e. The van der Waals surface area contributed by atoms with Crippen LogP contribution in [-0.2, 0) is 6.54 Å². The Morgan fingerprint density at radius 3 is 2.75 bits per heavy atom. The Morgan fingerprint density at radius 2 is 2.08 bits per heavy atom. The minimum absolute atomic E-state index is 0.695. The molecule has 0 saturated carbocycles. The van der Waals surface area contributed by atoms with Gasteiger partial charge in [-0.1, -0.05) is 13.0 Å². The minimum Gasteiger partial charge on any atom is -0.357 e. The van der Waals surface area contributed by atoms with Crippen LogP contribution in [0.15, 0.2) is 23.3 Å². The molecule has 1 aromatic heterocycles. The summed E-state index contributed by atoms with van der Waals surface area (Å²) in [6.07, 6.45) is 7.15. The van der Waals surface area contributed by atoms with Crippen molar-refractivity contribution < 1.29 is 0 Å². The molecule has 0 amide bonds. The number of aromatic nitrogens is 1. The first kappa shape index (κ1) is 17.1. The maximum absolute atomic E-state index is 4.85. The second-order valence-corrected chi connectivity index (χ2v) is 7.08.